The summed E-state index contributed by atoms with van der Waals surface area (Å²) < 4.78 is 12.8. The number of rotatable bonds is 10. The number of ether oxygens (including phenoxy) is 2. The quantitative estimate of drug-likeness (QED) is 0.317. The van der Waals surface area contributed by atoms with Gasteiger partial charge in [0.2, 0.25) is 11.8 Å². The molecule has 0 radical (unpaired) electrons. The Hall–Kier alpha value is -4.73. The molecule has 2 heterocycles. The second-order valence-electron chi connectivity index (χ2n) is 8.71. The summed E-state index contributed by atoms with van der Waals surface area (Å²) in [5, 5.41) is 3.08. The predicted molar refractivity (Wildman–Crippen MR) is 143 cm³/mol. The van der Waals surface area contributed by atoms with Crippen LogP contribution in [0.2, 0.25) is 0 Å². The molecule has 0 saturated carbocycles. The van der Waals surface area contributed by atoms with Gasteiger partial charge in [0.1, 0.15) is 5.75 Å². The van der Waals surface area contributed by atoms with Gasteiger partial charge in [0.05, 0.1) is 19.6 Å². The van der Waals surface area contributed by atoms with Crippen LogP contribution >= 0.6 is 0 Å². The van der Waals surface area contributed by atoms with E-state index in [2.05, 4.69) is 22.2 Å². The number of esters is 1. The van der Waals surface area contributed by atoms with Crippen molar-refractivity contribution in [3.63, 3.8) is 0 Å². The lowest BCUT2D eigenvalue weighted by Crippen LogP contribution is -2.44. The molecular weight excluding hydrogens is 486 g/mol. The fourth-order valence-corrected chi connectivity index (χ4v) is 3.80. The molecule has 196 valence electrons. The number of methoxy groups -OCH3 is 1. The van der Waals surface area contributed by atoms with Gasteiger partial charge in [-0.15, -0.1) is 0 Å². The van der Waals surface area contributed by atoms with Gasteiger partial charge >= 0.3 is 17.3 Å². The summed E-state index contributed by atoms with van der Waals surface area (Å²) in [4.78, 5) is 46.6. The number of hydrogen-bond acceptors (Lipinski definition) is 8. The van der Waals surface area contributed by atoms with Crippen molar-refractivity contribution in [1.82, 2.24) is 19.1 Å². The van der Waals surface area contributed by atoms with Crippen LogP contribution < -0.4 is 21.4 Å². The molecule has 4 rings (SSSR count). The van der Waals surface area contributed by atoms with Crippen LogP contribution in [0.15, 0.2) is 82.5 Å². The van der Waals surface area contributed by atoms with Crippen molar-refractivity contribution in [2.75, 3.05) is 12.4 Å². The first-order chi connectivity index (χ1) is 18.4. The normalized spacial score (nSPS) is 11.6. The topological polar surface area (TPSA) is 117 Å². The minimum Gasteiger partial charge on any atom is -0.469 e. The summed E-state index contributed by atoms with van der Waals surface area (Å²) in [6.45, 7) is 3.68. The molecule has 0 amide bonds. The number of benzene rings is 2. The third kappa shape index (κ3) is 6.33. The minimum atomic E-state index is -0.763. The van der Waals surface area contributed by atoms with Crippen LogP contribution in [0.25, 0.3) is 0 Å². The fourth-order valence-electron chi connectivity index (χ4n) is 3.80. The Morgan fingerprint density at radius 3 is 2.32 bits per heavy atom. The van der Waals surface area contributed by atoms with Crippen molar-refractivity contribution in [2.45, 2.75) is 33.4 Å². The number of nitrogens with zero attached hydrogens (tertiary/aromatic N) is 4. The van der Waals surface area contributed by atoms with Crippen LogP contribution in [0.5, 0.6) is 11.6 Å². The lowest BCUT2D eigenvalue weighted by molar-refractivity contribution is -0.145. The van der Waals surface area contributed by atoms with E-state index in [0.29, 0.717) is 17.3 Å². The van der Waals surface area contributed by atoms with Crippen molar-refractivity contribution >= 4 is 17.6 Å². The monoisotopic (exact) mass is 515 g/mol. The highest BCUT2D eigenvalue weighted by Crippen LogP contribution is 2.22. The molecule has 0 saturated heterocycles. The van der Waals surface area contributed by atoms with Gasteiger partial charge in [-0.1, -0.05) is 44.2 Å². The van der Waals surface area contributed by atoms with E-state index in [4.69, 9.17) is 9.47 Å². The van der Waals surface area contributed by atoms with E-state index in [9.17, 15) is 14.4 Å². The standard InChI is InChI=1S/C28H29N5O5/c1-4-20-8-10-21(11-9-20)18-32-26(31-27(35)33(28(32)36)17-19(2)25(34)37-3)30-22-12-14-23(15-13-22)38-24-7-5-6-16-29-24/h5-16,19H,4,17-18H2,1-3H3,(H,30,31,35)/t19-/m0/s1. The molecule has 0 aliphatic heterocycles. The highest BCUT2D eigenvalue weighted by Gasteiger charge is 2.20. The molecule has 1 atom stereocenters. The van der Waals surface area contributed by atoms with E-state index in [1.54, 1.807) is 49.5 Å². The van der Waals surface area contributed by atoms with Crippen LogP contribution in [0.4, 0.5) is 11.6 Å². The second kappa shape index (κ2) is 12.0. The Labute approximate surface area is 219 Å². The predicted octanol–water partition coefficient (Wildman–Crippen LogP) is 3.76. The molecule has 1 N–H and O–H groups in total. The van der Waals surface area contributed by atoms with Crippen LogP contribution in [-0.4, -0.2) is 32.2 Å². The second-order valence-corrected chi connectivity index (χ2v) is 8.71. The first-order valence-electron chi connectivity index (χ1n) is 12.2. The summed E-state index contributed by atoms with van der Waals surface area (Å²) in [6, 6.07) is 20.2. The molecule has 4 aromatic rings. The van der Waals surface area contributed by atoms with Gasteiger partial charge in [0.25, 0.3) is 0 Å². The van der Waals surface area contributed by atoms with Crippen LogP contribution in [0, 0.1) is 5.92 Å². The molecule has 0 unspecified atom stereocenters. The maximum absolute atomic E-state index is 13.5. The zero-order valence-corrected chi connectivity index (χ0v) is 21.5. The number of carbonyl (C=O) groups excluding carboxylic acids is 1. The molecule has 2 aromatic heterocycles. The molecule has 0 fully saturated rings. The van der Waals surface area contributed by atoms with E-state index < -0.39 is 23.3 Å². The Morgan fingerprint density at radius 2 is 1.68 bits per heavy atom. The van der Waals surface area contributed by atoms with E-state index in [-0.39, 0.29) is 19.0 Å². The van der Waals surface area contributed by atoms with Crippen molar-refractivity contribution in [3.8, 4) is 11.6 Å². The van der Waals surface area contributed by atoms with Gasteiger partial charge in [0.15, 0.2) is 0 Å². The number of nitrogens with one attached hydrogen (secondary N) is 1. The fraction of sp³-hybridized carbons (Fsp3) is 0.250. The van der Waals surface area contributed by atoms with Crippen LogP contribution in [-0.2, 0) is 29.0 Å². The van der Waals surface area contributed by atoms with Gasteiger partial charge in [-0.25, -0.2) is 19.1 Å². The highest BCUT2D eigenvalue weighted by atomic mass is 16.5. The largest absolute Gasteiger partial charge is 0.469 e. The third-order valence-electron chi connectivity index (χ3n) is 5.95. The first kappa shape index (κ1) is 26.3. The molecule has 10 nitrogen and oxygen atoms in total. The zero-order valence-electron chi connectivity index (χ0n) is 21.5. The SMILES string of the molecule is CCc1ccc(Cn2c(Nc3ccc(Oc4ccccn4)cc3)nc(=O)n(C[C@H](C)C(=O)OC)c2=O)cc1. The summed E-state index contributed by atoms with van der Waals surface area (Å²) in [5.74, 6) is -0.103. The van der Waals surface area contributed by atoms with E-state index >= 15 is 0 Å². The highest BCUT2D eigenvalue weighted by molar-refractivity contribution is 5.71. The van der Waals surface area contributed by atoms with Crippen molar-refractivity contribution < 1.29 is 14.3 Å². The molecular formula is C28H29N5O5. The van der Waals surface area contributed by atoms with Crippen LogP contribution in [0.1, 0.15) is 25.0 Å². The summed E-state index contributed by atoms with van der Waals surface area (Å²) in [5.41, 5.74) is 1.28. The van der Waals surface area contributed by atoms with Gasteiger partial charge < -0.3 is 14.8 Å². The minimum absolute atomic E-state index is 0.0833. The van der Waals surface area contributed by atoms with E-state index in [1.165, 1.54) is 17.2 Å². The zero-order chi connectivity index (χ0) is 27.1. The Balaban J connectivity index is 1.66. The summed E-state index contributed by atoms with van der Waals surface area (Å²) in [7, 11) is 1.26. The van der Waals surface area contributed by atoms with Gasteiger partial charge in [-0.2, -0.15) is 4.98 Å². The van der Waals surface area contributed by atoms with Gasteiger partial charge in [-0.05, 0) is 47.9 Å². The number of hydrogen-bond donors (Lipinski definition) is 1. The maximum Gasteiger partial charge on any atom is 0.354 e. The van der Waals surface area contributed by atoms with Gasteiger partial charge in [-0.3, -0.25) is 9.36 Å². The third-order valence-corrected chi connectivity index (χ3v) is 5.95. The molecule has 0 spiro atoms. The lowest BCUT2D eigenvalue weighted by Gasteiger charge is -2.17. The average Bonchev–Trinajstić information content (AvgIpc) is 2.94. The summed E-state index contributed by atoms with van der Waals surface area (Å²) >= 11 is 0. The lowest BCUT2D eigenvalue weighted by atomic mass is 10.1. The van der Waals surface area contributed by atoms with E-state index in [1.807, 2.05) is 30.3 Å². The molecule has 0 aliphatic carbocycles. The number of carbonyl (C=O) groups is 1. The van der Waals surface area contributed by atoms with Gasteiger partial charge in [0, 0.05) is 24.5 Å². The van der Waals surface area contributed by atoms with E-state index in [0.717, 1.165) is 16.6 Å². The maximum atomic E-state index is 13.5. The average molecular weight is 516 g/mol. The number of aryl methyl sites for hydroxylation is 1. The smallest absolute Gasteiger partial charge is 0.354 e. The molecule has 0 bridgehead atoms. The summed E-state index contributed by atoms with van der Waals surface area (Å²) in [6.07, 6.45) is 2.53. The van der Waals surface area contributed by atoms with Crippen molar-refractivity contribution in [1.29, 1.82) is 0 Å². The Kier molecular flexibility index (Phi) is 8.32. The Bertz CT molecular complexity index is 1500. The molecule has 38 heavy (non-hydrogen) atoms. The molecule has 2 aromatic carbocycles. The van der Waals surface area contributed by atoms with Crippen molar-refractivity contribution in [2.24, 2.45) is 5.92 Å². The number of aromatic nitrogens is 4. The number of pyridine rings is 1. The molecule has 10 heteroatoms. The number of anilines is 2. The molecule has 0 aliphatic rings. The first-order valence-corrected chi connectivity index (χ1v) is 12.2. The Morgan fingerprint density at radius 1 is 0.974 bits per heavy atom. The van der Waals surface area contributed by atoms with Crippen molar-refractivity contribution in [3.05, 3.63) is 105 Å². The van der Waals surface area contributed by atoms with Crippen LogP contribution in [0.3, 0.4) is 0 Å².